The Balaban J connectivity index is 1.35. The number of carbonyl (C=O) groups excluding carboxylic acids is 4. The Kier molecular flexibility index (Phi) is 11.0. The average molecular weight is 752 g/mol. The number of ether oxygens (including phenoxy) is 3. The minimum absolute atomic E-state index is 0.0600. The lowest BCUT2D eigenvalue weighted by Gasteiger charge is -2.32. The first kappa shape index (κ1) is 38.7. The number of rotatable bonds is 8. The monoisotopic (exact) mass is 751 g/mol. The lowest BCUT2D eigenvalue weighted by Crippen LogP contribution is -2.47. The van der Waals surface area contributed by atoms with Crippen molar-refractivity contribution >= 4 is 44.4 Å². The van der Waals surface area contributed by atoms with Gasteiger partial charge in [-0.3, -0.25) is 23.9 Å². The maximum Gasteiger partial charge on any atom is 0.307 e. The van der Waals surface area contributed by atoms with Gasteiger partial charge < -0.3 is 19.1 Å². The number of hydrogen-bond donors (Lipinski definition) is 1. The van der Waals surface area contributed by atoms with Crippen molar-refractivity contribution in [2.45, 2.75) is 115 Å². The van der Waals surface area contributed by atoms with Gasteiger partial charge in [-0.25, -0.2) is 13.4 Å². The van der Waals surface area contributed by atoms with E-state index in [2.05, 4.69) is 16.6 Å². The predicted octanol–water partition coefficient (Wildman–Crippen LogP) is 5.53. The van der Waals surface area contributed by atoms with Crippen LogP contribution in [0.5, 0.6) is 11.6 Å². The maximum absolute atomic E-state index is 14.8. The van der Waals surface area contributed by atoms with E-state index in [-0.39, 0.29) is 55.3 Å². The van der Waals surface area contributed by atoms with E-state index in [9.17, 15) is 27.6 Å². The third-order valence-electron chi connectivity index (χ3n) is 11.2. The molecule has 1 aromatic carbocycles. The maximum atomic E-state index is 14.8. The number of nitrogens with one attached hydrogen (secondary N) is 1. The molecule has 2 aliphatic heterocycles. The number of methoxy groups -OCH3 is 1. The van der Waals surface area contributed by atoms with Crippen LogP contribution in [0.25, 0.3) is 10.8 Å². The molecule has 3 fully saturated rings. The van der Waals surface area contributed by atoms with E-state index in [1.807, 2.05) is 43.3 Å². The van der Waals surface area contributed by atoms with Crippen molar-refractivity contribution in [2.75, 3.05) is 13.7 Å². The van der Waals surface area contributed by atoms with Crippen LogP contribution >= 0.6 is 0 Å². The molecule has 1 aromatic heterocycles. The summed E-state index contributed by atoms with van der Waals surface area (Å²) in [6.45, 7) is 9.44. The summed E-state index contributed by atoms with van der Waals surface area (Å²) in [4.78, 5) is 62.5. The highest BCUT2D eigenvalue weighted by Gasteiger charge is 2.61. The van der Waals surface area contributed by atoms with Crippen LogP contribution in [0.3, 0.4) is 0 Å². The topological polar surface area (TPSA) is 158 Å². The zero-order chi connectivity index (χ0) is 38.3. The number of esters is 1. The Morgan fingerprint density at radius 3 is 2.43 bits per heavy atom. The molecule has 0 spiro atoms. The van der Waals surface area contributed by atoms with Gasteiger partial charge in [-0.15, -0.1) is 0 Å². The van der Waals surface area contributed by atoms with Crippen molar-refractivity contribution in [3.8, 4) is 11.6 Å². The largest absolute Gasteiger partial charge is 0.494 e. The molecule has 6 rings (SSSR count). The van der Waals surface area contributed by atoms with Gasteiger partial charge in [0.05, 0.1) is 48.9 Å². The summed E-state index contributed by atoms with van der Waals surface area (Å²) in [5.74, 6) is -2.07. The summed E-state index contributed by atoms with van der Waals surface area (Å²) >= 11 is 0. The smallest absolute Gasteiger partial charge is 0.307 e. The van der Waals surface area contributed by atoms with Crippen molar-refractivity contribution in [3.63, 3.8) is 0 Å². The van der Waals surface area contributed by atoms with Gasteiger partial charge in [0.15, 0.2) is 5.78 Å². The molecule has 12 nitrogen and oxygen atoms in total. The van der Waals surface area contributed by atoms with Gasteiger partial charge >= 0.3 is 5.97 Å². The molecule has 4 aliphatic rings. The van der Waals surface area contributed by atoms with Crippen molar-refractivity contribution in [1.82, 2.24) is 14.6 Å². The van der Waals surface area contributed by atoms with E-state index in [1.165, 1.54) is 4.90 Å². The number of carbonyl (C=O) groups is 4. The summed E-state index contributed by atoms with van der Waals surface area (Å²) in [6, 6.07) is 6.53. The molecule has 1 saturated heterocycles. The number of hydrogen-bond acceptors (Lipinski definition) is 10. The van der Waals surface area contributed by atoms with Crippen molar-refractivity contribution in [2.24, 2.45) is 29.1 Å². The zero-order valence-corrected chi connectivity index (χ0v) is 32.4. The number of sulfonamides is 1. The molecular weight excluding hydrogens is 699 g/mol. The predicted molar refractivity (Wildman–Crippen MR) is 198 cm³/mol. The normalized spacial score (nSPS) is 30.3. The lowest BCUT2D eigenvalue weighted by atomic mass is 9.84. The van der Waals surface area contributed by atoms with Crippen LogP contribution < -0.4 is 14.2 Å². The van der Waals surface area contributed by atoms with Crippen LogP contribution in [0.2, 0.25) is 0 Å². The van der Waals surface area contributed by atoms with Crippen molar-refractivity contribution in [1.29, 1.82) is 0 Å². The first-order valence-corrected chi connectivity index (χ1v) is 20.4. The van der Waals surface area contributed by atoms with Gasteiger partial charge in [0, 0.05) is 23.6 Å². The van der Waals surface area contributed by atoms with Crippen molar-refractivity contribution in [3.05, 3.63) is 42.6 Å². The Labute approximate surface area is 312 Å². The number of pyridine rings is 1. The van der Waals surface area contributed by atoms with Crippen LogP contribution in [0.4, 0.5) is 0 Å². The van der Waals surface area contributed by atoms with Gasteiger partial charge in [-0.2, -0.15) is 0 Å². The third kappa shape index (κ3) is 8.71. The zero-order valence-electron chi connectivity index (χ0n) is 31.6. The van der Waals surface area contributed by atoms with Crippen LogP contribution in [0.15, 0.2) is 42.6 Å². The average Bonchev–Trinajstić information content (AvgIpc) is 4.02. The Bertz CT molecular complexity index is 1880. The molecule has 2 saturated carbocycles. The molecule has 2 aliphatic carbocycles. The molecule has 2 aromatic rings. The highest BCUT2D eigenvalue weighted by atomic mass is 32.2. The standard InChI is InChI=1S/C40H53N3O9S/c1-24-10-9-11-25(2)31(19-35(45)52-39(3,4)5)37(46)43-23-27(51-36-30-13-8-7-12-29(30)34(50-6)22-41-36)18-32(43)33(44)21-40(20-26(40)15-14-24)38(47)42-53(48,49)28-16-17-28/h7-8,12-15,22,24-28,31-32H,9-11,16-21,23H2,1-6H3,(H,42,47)/b15-14-/t24-,25-,26-,27-,31+,32?,40-/m1/s1. The van der Waals surface area contributed by atoms with E-state index in [1.54, 1.807) is 34.1 Å². The summed E-state index contributed by atoms with van der Waals surface area (Å²) in [5, 5.41) is 0.906. The molecule has 7 atom stereocenters. The molecule has 288 valence electrons. The van der Waals surface area contributed by atoms with E-state index in [4.69, 9.17) is 14.2 Å². The second kappa shape index (κ2) is 15.0. The summed E-state index contributed by atoms with van der Waals surface area (Å²) in [6.07, 6.45) is 8.31. The van der Waals surface area contributed by atoms with Crippen LogP contribution in [-0.4, -0.2) is 78.5 Å². The van der Waals surface area contributed by atoms with Gasteiger partial charge in [0.25, 0.3) is 0 Å². The Hall–Kier alpha value is -4.00. The fourth-order valence-electron chi connectivity index (χ4n) is 7.93. The first-order valence-electron chi connectivity index (χ1n) is 18.9. The quantitative estimate of drug-likeness (QED) is 0.269. The number of benzene rings is 1. The van der Waals surface area contributed by atoms with E-state index in [0.29, 0.717) is 42.7 Å². The number of aromatic nitrogens is 1. The van der Waals surface area contributed by atoms with E-state index >= 15 is 0 Å². The van der Waals surface area contributed by atoms with Gasteiger partial charge in [-0.05, 0) is 76.7 Å². The summed E-state index contributed by atoms with van der Waals surface area (Å²) in [7, 11) is -2.29. The van der Waals surface area contributed by atoms with Crippen LogP contribution in [0.1, 0.15) is 92.4 Å². The highest BCUT2D eigenvalue weighted by molar-refractivity contribution is 7.90. The van der Waals surface area contributed by atoms with Gasteiger partial charge in [0.1, 0.15) is 17.5 Å². The highest BCUT2D eigenvalue weighted by Crippen LogP contribution is 2.57. The minimum Gasteiger partial charge on any atom is -0.494 e. The van der Waals surface area contributed by atoms with Crippen LogP contribution in [-0.2, 0) is 33.9 Å². The van der Waals surface area contributed by atoms with Crippen LogP contribution in [0, 0.1) is 29.1 Å². The summed E-state index contributed by atoms with van der Waals surface area (Å²) < 4.78 is 45.8. The lowest BCUT2D eigenvalue weighted by molar-refractivity contribution is -0.159. The Morgan fingerprint density at radius 2 is 1.75 bits per heavy atom. The van der Waals surface area contributed by atoms with E-state index in [0.717, 1.165) is 18.2 Å². The fraction of sp³-hybridized carbons (Fsp3) is 0.625. The van der Waals surface area contributed by atoms with Crippen molar-refractivity contribution < 1.29 is 41.8 Å². The molecule has 0 radical (unpaired) electrons. The molecule has 3 heterocycles. The number of amides is 2. The summed E-state index contributed by atoms with van der Waals surface area (Å²) in [5.41, 5.74) is -1.99. The molecule has 1 N–H and O–H groups in total. The first-order chi connectivity index (χ1) is 25.0. The van der Waals surface area contributed by atoms with Gasteiger partial charge in [-0.1, -0.05) is 50.6 Å². The number of Topliss-reactive ketones (excluding diaryl/α,β-unsaturated/α-hetero) is 1. The number of fused-ring (bicyclic) bond motifs is 3. The third-order valence-corrected chi connectivity index (χ3v) is 13.0. The minimum atomic E-state index is -3.85. The molecule has 53 heavy (non-hydrogen) atoms. The molecular formula is C40H53N3O9S. The fourth-order valence-corrected chi connectivity index (χ4v) is 9.31. The SMILES string of the molecule is COc1cnc(O[C@@H]2CC3C(=O)C[C@]4(C(=O)NS(=O)(=O)C5CC5)C[C@H]4/C=C\[C@H](C)CCC[C@@H](C)[C@H](CC(=O)OC(C)(C)C)C(=O)N3C2)c2ccccc12. The Morgan fingerprint density at radius 1 is 1.04 bits per heavy atom. The molecule has 1 unspecified atom stereocenters. The number of nitrogens with zero attached hydrogens (tertiary/aromatic N) is 2. The van der Waals surface area contributed by atoms with Gasteiger partial charge in [0.2, 0.25) is 27.7 Å². The molecule has 0 bridgehead atoms. The number of ketones is 1. The molecule has 2 amide bonds. The second-order valence-corrected chi connectivity index (χ2v) is 18.6. The molecule has 13 heteroatoms. The number of allylic oxidation sites excluding steroid dienone is 2. The van der Waals surface area contributed by atoms with E-state index < -0.39 is 56.2 Å². The second-order valence-electron chi connectivity index (χ2n) is 16.6.